The van der Waals surface area contributed by atoms with Crippen LogP contribution in [-0.4, -0.2) is 21.9 Å². The molecule has 1 aliphatic rings. The Morgan fingerprint density at radius 3 is 2.57 bits per heavy atom. The van der Waals surface area contributed by atoms with Crippen LogP contribution in [0.15, 0.2) is 34.7 Å². The largest absolute Gasteiger partial charge is 0.424 e. The van der Waals surface area contributed by atoms with Gasteiger partial charge in [-0.1, -0.05) is 36.8 Å². The molecule has 2 N–H and O–H groups in total. The van der Waals surface area contributed by atoms with Crippen LogP contribution >= 0.6 is 0 Å². The molecule has 0 bridgehead atoms. The summed E-state index contributed by atoms with van der Waals surface area (Å²) in [6, 6.07) is 10.4. The van der Waals surface area contributed by atoms with E-state index in [1.54, 1.807) is 6.92 Å². The van der Waals surface area contributed by atoms with Crippen LogP contribution in [0.1, 0.15) is 42.6 Å². The van der Waals surface area contributed by atoms with Gasteiger partial charge in [-0.2, -0.15) is 0 Å². The summed E-state index contributed by atoms with van der Waals surface area (Å²) >= 11 is 0. The lowest BCUT2D eigenvalue weighted by molar-refractivity contribution is 0.00389. The van der Waals surface area contributed by atoms with Crippen LogP contribution in [-0.2, 0) is 6.54 Å². The van der Waals surface area contributed by atoms with Crippen molar-refractivity contribution >= 4 is 0 Å². The van der Waals surface area contributed by atoms with Gasteiger partial charge in [-0.3, -0.25) is 0 Å². The van der Waals surface area contributed by atoms with E-state index in [0.717, 1.165) is 12.8 Å². The number of hydrogen-bond donors (Lipinski definition) is 2. The lowest BCUT2D eigenvalue weighted by Crippen LogP contribution is -2.45. The minimum atomic E-state index is -0.0730. The number of benzene rings is 1. The van der Waals surface area contributed by atoms with Gasteiger partial charge >= 0.3 is 0 Å². The Labute approximate surface area is 124 Å². The highest BCUT2D eigenvalue weighted by atomic mass is 16.4. The van der Waals surface area contributed by atoms with Gasteiger partial charge < -0.3 is 14.8 Å². The molecular formula is C16H21N3O2. The molecule has 1 aromatic carbocycles. The molecule has 0 amide bonds. The fraction of sp³-hybridized carbons (Fsp3) is 0.500. The van der Waals surface area contributed by atoms with Gasteiger partial charge in [0.15, 0.2) is 0 Å². The standard InChI is InChI=1S/C16H21N3O2/c1-12-18-19-14(21-12)10-17-15(13-6-3-2-4-7-13)16(11-20)8-5-9-16/h2-4,6-7,15,17,20H,5,8-11H2,1H3/t15-/m1/s1. The summed E-state index contributed by atoms with van der Waals surface area (Å²) in [5.74, 6) is 1.16. The highest BCUT2D eigenvalue weighted by molar-refractivity contribution is 5.23. The molecule has 0 radical (unpaired) electrons. The molecule has 1 fully saturated rings. The number of aromatic nitrogens is 2. The highest BCUT2D eigenvalue weighted by Crippen LogP contribution is 2.49. The number of aryl methyl sites for hydroxylation is 1. The van der Waals surface area contributed by atoms with Crippen molar-refractivity contribution in [3.05, 3.63) is 47.7 Å². The third-order valence-electron chi connectivity index (χ3n) is 4.43. The van der Waals surface area contributed by atoms with E-state index in [1.807, 2.05) is 18.2 Å². The summed E-state index contributed by atoms with van der Waals surface area (Å²) in [4.78, 5) is 0. The van der Waals surface area contributed by atoms with Crippen molar-refractivity contribution in [2.24, 2.45) is 5.41 Å². The first-order chi connectivity index (χ1) is 10.2. The van der Waals surface area contributed by atoms with Crippen LogP contribution in [0.25, 0.3) is 0 Å². The second kappa shape index (κ2) is 5.95. The minimum Gasteiger partial charge on any atom is -0.424 e. The van der Waals surface area contributed by atoms with Crippen molar-refractivity contribution < 1.29 is 9.52 Å². The molecule has 0 spiro atoms. The van der Waals surface area contributed by atoms with E-state index >= 15 is 0 Å². The van der Waals surface area contributed by atoms with Crippen molar-refractivity contribution in [3.63, 3.8) is 0 Å². The minimum absolute atomic E-state index is 0.0730. The van der Waals surface area contributed by atoms with E-state index in [0.29, 0.717) is 18.3 Å². The van der Waals surface area contributed by atoms with Gasteiger partial charge in [0.2, 0.25) is 11.8 Å². The molecule has 112 valence electrons. The molecule has 1 heterocycles. The zero-order chi connectivity index (χ0) is 14.7. The Hall–Kier alpha value is -1.72. The van der Waals surface area contributed by atoms with Gasteiger partial charge in [0, 0.05) is 18.4 Å². The SMILES string of the molecule is Cc1nnc(CN[C@H](c2ccccc2)C2(CO)CCC2)o1. The van der Waals surface area contributed by atoms with Crippen LogP contribution in [0.4, 0.5) is 0 Å². The molecular weight excluding hydrogens is 266 g/mol. The summed E-state index contributed by atoms with van der Waals surface area (Å²) in [6.45, 7) is 2.50. The molecule has 2 aromatic rings. The first-order valence-corrected chi connectivity index (χ1v) is 7.42. The zero-order valence-corrected chi connectivity index (χ0v) is 12.2. The van der Waals surface area contributed by atoms with Crippen molar-refractivity contribution in [2.45, 2.75) is 38.8 Å². The predicted octanol–water partition coefficient (Wildman–Crippen LogP) is 2.37. The van der Waals surface area contributed by atoms with Crippen LogP contribution in [0.2, 0.25) is 0 Å². The lowest BCUT2D eigenvalue weighted by Gasteiger charge is -2.47. The van der Waals surface area contributed by atoms with Crippen LogP contribution < -0.4 is 5.32 Å². The Balaban J connectivity index is 1.79. The van der Waals surface area contributed by atoms with Gasteiger partial charge in [-0.25, -0.2) is 0 Å². The summed E-state index contributed by atoms with van der Waals surface area (Å²) in [7, 11) is 0. The van der Waals surface area contributed by atoms with Crippen LogP contribution in [0.5, 0.6) is 0 Å². The van der Waals surface area contributed by atoms with Gasteiger partial charge in [-0.05, 0) is 18.4 Å². The molecule has 5 nitrogen and oxygen atoms in total. The Kier molecular flexibility index (Phi) is 4.03. The molecule has 5 heteroatoms. The predicted molar refractivity (Wildman–Crippen MR) is 78.4 cm³/mol. The van der Waals surface area contributed by atoms with Crippen molar-refractivity contribution in [3.8, 4) is 0 Å². The third kappa shape index (κ3) is 2.84. The molecule has 1 aliphatic carbocycles. The topological polar surface area (TPSA) is 71.2 Å². The van der Waals surface area contributed by atoms with E-state index < -0.39 is 0 Å². The van der Waals surface area contributed by atoms with Crippen molar-refractivity contribution in [2.75, 3.05) is 6.61 Å². The van der Waals surface area contributed by atoms with E-state index in [4.69, 9.17) is 4.42 Å². The number of rotatable bonds is 6. The maximum Gasteiger partial charge on any atom is 0.230 e. The molecule has 1 aromatic heterocycles. The lowest BCUT2D eigenvalue weighted by atomic mass is 9.63. The van der Waals surface area contributed by atoms with Gasteiger partial charge in [0.05, 0.1) is 13.2 Å². The maximum absolute atomic E-state index is 9.88. The second-order valence-electron chi connectivity index (χ2n) is 5.81. The van der Waals surface area contributed by atoms with Crippen LogP contribution in [0.3, 0.4) is 0 Å². The first kappa shape index (κ1) is 14.2. The van der Waals surface area contributed by atoms with E-state index in [2.05, 4.69) is 27.6 Å². The molecule has 1 saturated carbocycles. The molecule has 21 heavy (non-hydrogen) atoms. The molecule has 1 atom stereocenters. The Bertz CT molecular complexity index is 573. The molecule has 0 saturated heterocycles. The fourth-order valence-corrected chi connectivity index (χ4v) is 3.10. The average molecular weight is 287 g/mol. The second-order valence-corrected chi connectivity index (χ2v) is 5.81. The van der Waals surface area contributed by atoms with Gasteiger partial charge in [-0.15, -0.1) is 10.2 Å². The van der Waals surface area contributed by atoms with E-state index in [1.165, 1.54) is 12.0 Å². The number of aliphatic hydroxyl groups excluding tert-OH is 1. The van der Waals surface area contributed by atoms with Crippen LogP contribution in [0, 0.1) is 12.3 Å². The number of nitrogens with zero attached hydrogens (tertiary/aromatic N) is 2. The van der Waals surface area contributed by atoms with Gasteiger partial charge in [0.25, 0.3) is 0 Å². The Morgan fingerprint density at radius 2 is 2.05 bits per heavy atom. The fourth-order valence-electron chi connectivity index (χ4n) is 3.10. The van der Waals surface area contributed by atoms with Crippen molar-refractivity contribution in [1.82, 2.24) is 15.5 Å². The monoisotopic (exact) mass is 287 g/mol. The number of nitrogens with one attached hydrogen (secondary N) is 1. The number of hydrogen-bond acceptors (Lipinski definition) is 5. The summed E-state index contributed by atoms with van der Waals surface area (Å²) in [5, 5.41) is 21.3. The quantitative estimate of drug-likeness (QED) is 0.853. The third-order valence-corrected chi connectivity index (χ3v) is 4.43. The first-order valence-electron chi connectivity index (χ1n) is 7.42. The van der Waals surface area contributed by atoms with E-state index in [9.17, 15) is 5.11 Å². The molecule has 3 rings (SSSR count). The smallest absolute Gasteiger partial charge is 0.230 e. The summed E-state index contributed by atoms with van der Waals surface area (Å²) < 4.78 is 5.42. The Morgan fingerprint density at radius 1 is 1.29 bits per heavy atom. The van der Waals surface area contributed by atoms with Gasteiger partial charge in [0.1, 0.15) is 0 Å². The summed E-state index contributed by atoms with van der Waals surface area (Å²) in [6.07, 6.45) is 3.25. The molecule has 0 unspecified atom stereocenters. The average Bonchev–Trinajstić information content (AvgIpc) is 2.88. The number of aliphatic hydroxyl groups is 1. The zero-order valence-electron chi connectivity index (χ0n) is 12.2. The normalized spacial score (nSPS) is 18.2. The highest BCUT2D eigenvalue weighted by Gasteiger charge is 2.44. The van der Waals surface area contributed by atoms with Crippen molar-refractivity contribution in [1.29, 1.82) is 0 Å². The molecule has 0 aliphatic heterocycles. The maximum atomic E-state index is 9.88. The van der Waals surface area contributed by atoms with E-state index in [-0.39, 0.29) is 18.1 Å². The summed E-state index contributed by atoms with van der Waals surface area (Å²) in [5.41, 5.74) is 1.12.